The Labute approximate surface area is 81.1 Å². The van der Waals surface area contributed by atoms with E-state index in [1.807, 2.05) is 0 Å². The van der Waals surface area contributed by atoms with Crippen LogP contribution in [-0.4, -0.2) is 31.2 Å². The summed E-state index contributed by atoms with van der Waals surface area (Å²) in [5.41, 5.74) is 0. The van der Waals surface area contributed by atoms with E-state index in [1.54, 1.807) is 13.8 Å². The van der Waals surface area contributed by atoms with Gasteiger partial charge in [0.25, 0.3) is 0 Å². The summed E-state index contributed by atoms with van der Waals surface area (Å²) in [6.07, 6.45) is -5.08. The minimum atomic E-state index is -4.17. The highest BCUT2D eigenvalue weighted by atomic mass is 19.4. The lowest BCUT2D eigenvalue weighted by molar-refractivity contribution is -0.134. The molecule has 0 heterocycles. The van der Waals surface area contributed by atoms with Crippen molar-refractivity contribution < 1.29 is 18.0 Å². The van der Waals surface area contributed by atoms with Gasteiger partial charge in [0.15, 0.2) is 0 Å². The highest BCUT2D eigenvalue weighted by Gasteiger charge is 2.25. The fraction of sp³-hybridized carbons (Fsp3) is 0.875. The van der Waals surface area contributed by atoms with Crippen molar-refractivity contribution in [1.82, 2.24) is 10.6 Å². The molecule has 0 atom stereocenters. The second-order valence-corrected chi connectivity index (χ2v) is 3.26. The minimum absolute atomic E-state index is 0.00640. The molecular formula is C8H15F3N2O. The van der Waals surface area contributed by atoms with Crippen molar-refractivity contribution in [2.75, 3.05) is 13.1 Å². The lowest BCUT2D eigenvalue weighted by atomic mass is 10.4. The van der Waals surface area contributed by atoms with Crippen molar-refractivity contribution in [3.05, 3.63) is 0 Å². The summed E-state index contributed by atoms with van der Waals surface area (Å²) in [6, 6.07) is 0.00640. The molecule has 1 amide bonds. The van der Waals surface area contributed by atoms with Crippen molar-refractivity contribution >= 4 is 5.91 Å². The molecule has 0 aliphatic rings. The zero-order valence-corrected chi connectivity index (χ0v) is 8.24. The van der Waals surface area contributed by atoms with Gasteiger partial charge in [-0.3, -0.25) is 4.79 Å². The van der Waals surface area contributed by atoms with Gasteiger partial charge in [0.1, 0.15) is 0 Å². The molecule has 6 heteroatoms. The maximum Gasteiger partial charge on any atom is 0.390 e. The third kappa shape index (κ3) is 9.31. The average Bonchev–Trinajstić information content (AvgIpc) is 1.95. The molecule has 0 aromatic rings. The fourth-order valence-electron chi connectivity index (χ4n) is 0.805. The van der Waals surface area contributed by atoms with E-state index in [9.17, 15) is 18.0 Å². The van der Waals surface area contributed by atoms with Gasteiger partial charge in [-0.1, -0.05) is 0 Å². The Morgan fingerprint density at radius 2 is 1.93 bits per heavy atom. The van der Waals surface area contributed by atoms with Crippen molar-refractivity contribution in [1.29, 1.82) is 0 Å². The quantitative estimate of drug-likeness (QED) is 0.669. The predicted molar refractivity (Wildman–Crippen MR) is 46.8 cm³/mol. The molecule has 0 fully saturated rings. The lowest BCUT2D eigenvalue weighted by Crippen LogP contribution is -2.38. The van der Waals surface area contributed by atoms with Crippen LogP contribution in [0.15, 0.2) is 0 Å². The summed E-state index contributed by atoms with van der Waals surface area (Å²) in [6.45, 7) is 3.27. The van der Waals surface area contributed by atoms with Crippen LogP contribution in [0, 0.1) is 0 Å². The highest BCUT2D eigenvalue weighted by molar-refractivity contribution is 5.78. The molecule has 0 aliphatic carbocycles. The zero-order chi connectivity index (χ0) is 11.2. The summed E-state index contributed by atoms with van der Waals surface area (Å²) in [4.78, 5) is 10.9. The Kier molecular flexibility index (Phi) is 5.52. The number of hydrogen-bond donors (Lipinski definition) is 2. The molecule has 0 saturated carbocycles. The monoisotopic (exact) mass is 212 g/mol. The van der Waals surface area contributed by atoms with E-state index in [4.69, 9.17) is 0 Å². The van der Waals surface area contributed by atoms with Crippen LogP contribution in [0.3, 0.4) is 0 Å². The van der Waals surface area contributed by atoms with Crippen LogP contribution in [0.2, 0.25) is 0 Å². The molecule has 0 saturated heterocycles. The third-order valence-corrected chi connectivity index (χ3v) is 1.32. The van der Waals surface area contributed by atoms with Crippen LogP contribution in [0.4, 0.5) is 13.2 Å². The number of halogens is 3. The molecular weight excluding hydrogens is 197 g/mol. The molecule has 0 bridgehead atoms. The van der Waals surface area contributed by atoms with E-state index in [2.05, 4.69) is 10.6 Å². The Morgan fingerprint density at radius 3 is 2.36 bits per heavy atom. The van der Waals surface area contributed by atoms with Crippen molar-refractivity contribution in [3.8, 4) is 0 Å². The Morgan fingerprint density at radius 1 is 1.36 bits per heavy atom. The third-order valence-electron chi connectivity index (χ3n) is 1.32. The van der Waals surface area contributed by atoms with Gasteiger partial charge in [-0.25, -0.2) is 0 Å². The molecule has 3 nitrogen and oxygen atoms in total. The molecule has 0 aromatic heterocycles. The number of hydrogen-bond acceptors (Lipinski definition) is 2. The van der Waals surface area contributed by atoms with Gasteiger partial charge in [-0.15, -0.1) is 0 Å². The maximum absolute atomic E-state index is 11.6. The standard InChI is InChI=1S/C8H15F3N2O/c1-6(2)13-7(14)5-12-4-3-8(9,10)11/h6,12H,3-5H2,1-2H3,(H,13,14). The summed E-state index contributed by atoms with van der Waals surface area (Å²) in [5.74, 6) is -0.290. The Bertz CT molecular complexity index is 180. The van der Waals surface area contributed by atoms with E-state index in [0.29, 0.717) is 0 Å². The van der Waals surface area contributed by atoms with Gasteiger partial charge in [0, 0.05) is 12.6 Å². The predicted octanol–water partition coefficient (Wildman–Crippen LogP) is 1.05. The van der Waals surface area contributed by atoms with E-state index in [1.165, 1.54) is 0 Å². The SMILES string of the molecule is CC(C)NC(=O)CNCCC(F)(F)F. The first kappa shape index (κ1) is 13.2. The molecule has 0 spiro atoms. The first-order chi connectivity index (χ1) is 6.31. The molecule has 14 heavy (non-hydrogen) atoms. The van der Waals surface area contributed by atoms with Crippen LogP contribution in [0.1, 0.15) is 20.3 Å². The van der Waals surface area contributed by atoms with Gasteiger partial charge >= 0.3 is 6.18 Å². The summed E-state index contributed by atoms with van der Waals surface area (Å²) in [7, 11) is 0. The molecule has 84 valence electrons. The number of amides is 1. The molecule has 0 rings (SSSR count). The van der Waals surface area contributed by atoms with E-state index >= 15 is 0 Å². The Balaban J connectivity index is 3.41. The average molecular weight is 212 g/mol. The van der Waals surface area contributed by atoms with E-state index in [0.717, 1.165) is 0 Å². The first-order valence-corrected chi connectivity index (χ1v) is 4.38. The largest absolute Gasteiger partial charge is 0.390 e. The minimum Gasteiger partial charge on any atom is -0.353 e. The fourth-order valence-corrected chi connectivity index (χ4v) is 0.805. The Hall–Kier alpha value is -0.780. The summed E-state index contributed by atoms with van der Waals surface area (Å²) in [5, 5.41) is 4.97. The molecule has 0 radical (unpaired) electrons. The van der Waals surface area contributed by atoms with Crippen LogP contribution in [-0.2, 0) is 4.79 Å². The van der Waals surface area contributed by atoms with Crippen LogP contribution >= 0.6 is 0 Å². The van der Waals surface area contributed by atoms with Crippen molar-refractivity contribution in [2.24, 2.45) is 0 Å². The van der Waals surface area contributed by atoms with Gasteiger partial charge in [0.05, 0.1) is 13.0 Å². The smallest absolute Gasteiger partial charge is 0.353 e. The highest BCUT2D eigenvalue weighted by Crippen LogP contribution is 2.17. The van der Waals surface area contributed by atoms with E-state index < -0.39 is 12.6 Å². The summed E-state index contributed by atoms with van der Waals surface area (Å²) >= 11 is 0. The van der Waals surface area contributed by atoms with E-state index in [-0.39, 0.29) is 25.0 Å². The molecule has 0 aromatic carbocycles. The zero-order valence-electron chi connectivity index (χ0n) is 8.24. The van der Waals surface area contributed by atoms with Crippen LogP contribution in [0.5, 0.6) is 0 Å². The number of alkyl halides is 3. The maximum atomic E-state index is 11.6. The van der Waals surface area contributed by atoms with Gasteiger partial charge in [0.2, 0.25) is 5.91 Å². The second kappa shape index (κ2) is 5.85. The van der Waals surface area contributed by atoms with Crippen LogP contribution < -0.4 is 10.6 Å². The normalized spacial score (nSPS) is 11.9. The number of rotatable bonds is 5. The number of nitrogens with one attached hydrogen (secondary N) is 2. The van der Waals surface area contributed by atoms with Gasteiger partial charge in [-0.05, 0) is 13.8 Å². The number of carbonyl (C=O) groups excluding carboxylic acids is 1. The van der Waals surface area contributed by atoms with Crippen molar-refractivity contribution in [3.63, 3.8) is 0 Å². The summed E-state index contributed by atoms with van der Waals surface area (Å²) < 4.78 is 34.9. The van der Waals surface area contributed by atoms with Crippen LogP contribution in [0.25, 0.3) is 0 Å². The molecule has 0 aliphatic heterocycles. The van der Waals surface area contributed by atoms with Gasteiger partial charge in [-0.2, -0.15) is 13.2 Å². The number of carbonyl (C=O) groups is 1. The molecule has 0 unspecified atom stereocenters. The van der Waals surface area contributed by atoms with Gasteiger partial charge < -0.3 is 10.6 Å². The first-order valence-electron chi connectivity index (χ1n) is 4.38. The topological polar surface area (TPSA) is 41.1 Å². The second-order valence-electron chi connectivity index (χ2n) is 3.26. The van der Waals surface area contributed by atoms with Crippen molar-refractivity contribution in [2.45, 2.75) is 32.5 Å². The molecule has 2 N–H and O–H groups in total. The lowest BCUT2D eigenvalue weighted by Gasteiger charge is -2.10.